The number of rotatable bonds is 12. The molecule has 10 heteroatoms. The van der Waals surface area contributed by atoms with Crippen LogP contribution in [0.2, 0.25) is 5.02 Å². The molecular weight excluding hydrogens is 541 g/mol. The van der Waals surface area contributed by atoms with Crippen LogP contribution >= 0.6 is 11.6 Å². The van der Waals surface area contributed by atoms with E-state index >= 15 is 0 Å². The van der Waals surface area contributed by atoms with Crippen molar-refractivity contribution in [1.29, 1.82) is 0 Å². The van der Waals surface area contributed by atoms with E-state index in [2.05, 4.69) is 5.32 Å². The maximum Gasteiger partial charge on any atom is 0.244 e. The molecule has 0 aliphatic carbocycles. The van der Waals surface area contributed by atoms with Gasteiger partial charge in [-0.25, -0.2) is 12.8 Å². The van der Waals surface area contributed by atoms with E-state index in [0.717, 1.165) is 16.1 Å². The Morgan fingerprint density at radius 1 is 0.949 bits per heavy atom. The largest absolute Gasteiger partial charge is 0.352 e. The first kappa shape index (κ1) is 30.1. The third-order valence-electron chi connectivity index (χ3n) is 6.34. The van der Waals surface area contributed by atoms with Crippen LogP contribution in [0, 0.1) is 5.82 Å². The van der Waals surface area contributed by atoms with Gasteiger partial charge in [0.05, 0.1) is 17.0 Å². The van der Waals surface area contributed by atoms with Crippen molar-refractivity contribution in [3.8, 4) is 0 Å². The van der Waals surface area contributed by atoms with Crippen molar-refractivity contribution >= 4 is 39.1 Å². The predicted molar refractivity (Wildman–Crippen MR) is 152 cm³/mol. The summed E-state index contributed by atoms with van der Waals surface area (Å²) in [5.41, 5.74) is 1.56. The predicted octanol–water partition coefficient (Wildman–Crippen LogP) is 4.80. The monoisotopic (exact) mass is 573 g/mol. The van der Waals surface area contributed by atoms with E-state index in [4.69, 9.17) is 11.6 Å². The van der Waals surface area contributed by atoms with Crippen molar-refractivity contribution in [2.75, 3.05) is 17.1 Å². The van der Waals surface area contributed by atoms with E-state index < -0.39 is 34.3 Å². The Bertz CT molecular complexity index is 1370. The first-order valence-corrected chi connectivity index (χ1v) is 14.8. The number of nitrogens with zero attached hydrogens (tertiary/aromatic N) is 2. The number of nitrogens with one attached hydrogen (secondary N) is 1. The van der Waals surface area contributed by atoms with Gasteiger partial charge in [-0.05, 0) is 48.7 Å². The SMILES string of the molecule is CC[C@@H](C)NC(=O)[C@@H](Cc1ccccc1)N(Cc1ccc(F)cc1)C(=O)CN(c1ccccc1Cl)S(C)(=O)=O. The first-order chi connectivity index (χ1) is 18.5. The van der Waals surface area contributed by atoms with Crippen molar-refractivity contribution in [1.82, 2.24) is 10.2 Å². The Kier molecular flexibility index (Phi) is 10.5. The number of halogens is 2. The molecule has 208 valence electrons. The molecule has 3 aromatic carbocycles. The van der Waals surface area contributed by atoms with Crippen molar-refractivity contribution in [3.63, 3.8) is 0 Å². The molecule has 3 aromatic rings. The molecule has 3 rings (SSSR count). The van der Waals surface area contributed by atoms with Crippen LogP contribution < -0.4 is 9.62 Å². The molecule has 0 unspecified atom stereocenters. The standard InChI is InChI=1S/C29H33ClFN3O4S/c1-4-21(2)32-29(36)27(18-22-10-6-5-7-11-22)33(19-23-14-16-24(31)17-15-23)28(35)20-34(39(3,37)38)26-13-9-8-12-25(26)30/h5-17,21,27H,4,18-20H2,1-3H3,(H,32,36)/t21-,27-/m1/s1. The molecule has 0 fully saturated rings. The summed E-state index contributed by atoms with van der Waals surface area (Å²) in [6.45, 7) is 3.19. The van der Waals surface area contributed by atoms with E-state index in [9.17, 15) is 22.4 Å². The summed E-state index contributed by atoms with van der Waals surface area (Å²) in [4.78, 5) is 28.9. The minimum atomic E-state index is -3.92. The molecule has 39 heavy (non-hydrogen) atoms. The van der Waals surface area contributed by atoms with Crippen LogP contribution in [0.1, 0.15) is 31.4 Å². The zero-order valence-corrected chi connectivity index (χ0v) is 23.8. The Balaban J connectivity index is 2.06. The Labute approximate surface area is 234 Å². The molecular formula is C29H33ClFN3O4S. The minimum Gasteiger partial charge on any atom is -0.352 e. The van der Waals surface area contributed by atoms with Crippen molar-refractivity contribution < 1.29 is 22.4 Å². The number of carbonyl (C=O) groups is 2. The lowest BCUT2D eigenvalue weighted by atomic mass is 10.0. The number of para-hydroxylation sites is 1. The summed E-state index contributed by atoms with van der Waals surface area (Å²) in [6.07, 6.45) is 1.87. The summed E-state index contributed by atoms with van der Waals surface area (Å²) in [5, 5.41) is 3.12. The highest BCUT2D eigenvalue weighted by Crippen LogP contribution is 2.27. The lowest BCUT2D eigenvalue weighted by Crippen LogP contribution is -2.54. The third-order valence-corrected chi connectivity index (χ3v) is 7.78. The molecule has 0 spiro atoms. The van der Waals surface area contributed by atoms with Crippen LogP contribution in [-0.2, 0) is 32.6 Å². The first-order valence-electron chi connectivity index (χ1n) is 12.6. The highest BCUT2D eigenvalue weighted by molar-refractivity contribution is 7.92. The normalized spacial score (nSPS) is 12.8. The Morgan fingerprint density at radius 3 is 2.15 bits per heavy atom. The van der Waals surface area contributed by atoms with Gasteiger partial charge in [-0.15, -0.1) is 0 Å². The number of hydrogen-bond donors (Lipinski definition) is 1. The summed E-state index contributed by atoms with van der Waals surface area (Å²) in [7, 11) is -3.92. The number of anilines is 1. The lowest BCUT2D eigenvalue weighted by molar-refractivity contribution is -0.140. The quantitative estimate of drug-likeness (QED) is 0.337. The maximum absolute atomic E-state index is 14.0. The van der Waals surface area contributed by atoms with Gasteiger partial charge in [0.15, 0.2) is 0 Å². The number of benzene rings is 3. The fourth-order valence-electron chi connectivity index (χ4n) is 4.03. The van der Waals surface area contributed by atoms with Crippen LogP contribution in [0.4, 0.5) is 10.1 Å². The van der Waals surface area contributed by atoms with Gasteiger partial charge in [0, 0.05) is 19.0 Å². The fraction of sp³-hybridized carbons (Fsp3) is 0.310. The average molecular weight is 574 g/mol. The van der Waals surface area contributed by atoms with Crippen LogP contribution in [0.25, 0.3) is 0 Å². The van der Waals surface area contributed by atoms with Gasteiger partial charge in [-0.1, -0.05) is 73.1 Å². The van der Waals surface area contributed by atoms with E-state index in [1.165, 1.54) is 41.3 Å². The summed E-state index contributed by atoms with van der Waals surface area (Å²) in [5.74, 6) is -1.41. The molecule has 0 heterocycles. The van der Waals surface area contributed by atoms with Gasteiger partial charge >= 0.3 is 0 Å². The zero-order valence-electron chi connectivity index (χ0n) is 22.2. The van der Waals surface area contributed by atoms with Gasteiger partial charge in [-0.3, -0.25) is 13.9 Å². The number of carbonyl (C=O) groups excluding carboxylic acids is 2. The second-order valence-electron chi connectivity index (χ2n) is 9.39. The minimum absolute atomic E-state index is 0.0370. The molecule has 0 saturated carbocycles. The van der Waals surface area contributed by atoms with E-state index in [-0.39, 0.29) is 35.6 Å². The highest BCUT2D eigenvalue weighted by Gasteiger charge is 2.33. The van der Waals surface area contributed by atoms with E-state index in [1.807, 2.05) is 44.2 Å². The van der Waals surface area contributed by atoms with Crippen molar-refractivity contribution in [3.05, 3.63) is 101 Å². The number of sulfonamides is 1. The van der Waals surface area contributed by atoms with Gasteiger partial charge in [0.25, 0.3) is 0 Å². The third kappa shape index (κ3) is 8.53. The molecule has 0 aromatic heterocycles. The second-order valence-corrected chi connectivity index (χ2v) is 11.7. The van der Waals surface area contributed by atoms with E-state index in [1.54, 1.807) is 12.1 Å². The maximum atomic E-state index is 14.0. The van der Waals surface area contributed by atoms with Crippen LogP contribution in [-0.4, -0.2) is 50.0 Å². The lowest BCUT2D eigenvalue weighted by Gasteiger charge is -2.34. The van der Waals surface area contributed by atoms with Gasteiger partial charge in [0.1, 0.15) is 18.4 Å². The van der Waals surface area contributed by atoms with E-state index in [0.29, 0.717) is 12.0 Å². The number of hydrogen-bond acceptors (Lipinski definition) is 4. The highest BCUT2D eigenvalue weighted by atomic mass is 35.5. The molecule has 0 aliphatic rings. The van der Waals surface area contributed by atoms with Crippen LogP contribution in [0.3, 0.4) is 0 Å². The summed E-state index contributed by atoms with van der Waals surface area (Å²) in [6, 6.07) is 20.1. The smallest absolute Gasteiger partial charge is 0.244 e. The van der Waals surface area contributed by atoms with Gasteiger partial charge < -0.3 is 10.2 Å². The topological polar surface area (TPSA) is 86.8 Å². The fourth-order valence-corrected chi connectivity index (χ4v) is 5.18. The van der Waals surface area contributed by atoms with Crippen LogP contribution in [0.15, 0.2) is 78.9 Å². The Hall–Kier alpha value is -3.43. The second kappa shape index (κ2) is 13.6. The molecule has 7 nitrogen and oxygen atoms in total. The van der Waals surface area contributed by atoms with Crippen molar-refractivity contribution in [2.45, 2.75) is 45.3 Å². The molecule has 2 amide bonds. The van der Waals surface area contributed by atoms with Crippen LogP contribution in [0.5, 0.6) is 0 Å². The molecule has 0 saturated heterocycles. The van der Waals surface area contributed by atoms with Crippen molar-refractivity contribution in [2.24, 2.45) is 0 Å². The summed E-state index contributed by atoms with van der Waals surface area (Å²) >= 11 is 6.30. The Morgan fingerprint density at radius 2 is 1.56 bits per heavy atom. The number of amides is 2. The molecule has 0 radical (unpaired) electrons. The molecule has 0 bridgehead atoms. The average Bonchev–Trinajstić information content (AvgIpc) is 2.90. The zero-order chi connectivity index (χ0) is 28.6. The van der Waals surface area contributed by atoms with Gasteiger partial charge in [-0.2, -0.15) is 0 Å². The molecule has 1 N–H and O–H groups in total. The van der Waals surface area contributed by atoms with Gasteiger partial charge in [0.2, 0.25) is 21.8 Å². The summed E-state index contributed by atoms with van der Waals surface area (Å²) < 4.78 is 40.2. The molecule has 0 aliphatic heterocycles. The molecule has 2 atom stereocenters.